The van der Waals surface area contributed by atoms with Crippen LogP contribution in [-0.2, 0) is 9.47 Å². The highest BCUT2D eigenvalue weighted by atomic mass is 32.1. The van der Waals surface area contributed by atoms with Crippen molar-refractivity contribution >= 4 is 28.4 Å². The number of esters is 1. The van der Waals surface area contributed by atoms with E-state index >= 15 is 0 Å². The van der Waals surface area contributed by atoms with Gasteiger partial charge in [-0.15, -0.1) is 11.3 Å². The second-order valence-electron chi connectivity index (χ2n) is 6.45. The number of carbonyl (C=O) groups is 2. The first kappa shape index (κ1) is 18.5. The number of anilines is 1. The normalized spacial score (nSPS) is 18.5. The summed E-state index contributed by atoms with van der Waals surface area (Å²) in [6, 6.07) is -0.416. The fourth-order valence-corrected chi connectivity index (χ4v) is 3.28. The van der Waals surface area contributed by atoms with Crippen molar-refractivity contribution < 1.29 is 24.2 Å². The van der Waals surface area contributed by atoms with Crippen LogP contribution in [0.15, 0.2) is 5.51 Å². The number of hydrogen-bond donors (Lipinski definition) is 1. The fourth-order valence-electron chi connectivity index (χ4n) is 2.46. The van der Waals surface area contributed by atoms with E-state index < -0.39 is 23.7 Å². The number of methoxy groups -OCH3 is 1. The lowest BCUT2D eigenvalue weighted by Crippen LogP contribution is -2.57. The minimum Gasteiger partial charge on any atom is -0.464 e. The Balaban J connectivity index is 2.11. The molecule has 2 rings (SSSR count). The highest BCUT2D eigenvalue weighted by Gasteiger charge is 2.34. The third-order valence-corrected chi connectivity index (χ3v) is 4.42. The maximum absolute atomic E-state index is 12.3. The Labute approximate surface area is 145 Å². The van der Waals surface area contributed by atoms with Gasteiger partial charge < -0.3 is 19.5 Å². The minimum atomic E-state index is -0.593. The second-order valence-corrected chi connectivity index (χ2v) is 7.29. The molecule has 0 aliphatic carbocycles. The van der Waals surface area contributed by atoms with Gasteiger partial charge in [0.1, 0.15) is 10.6 Å². The molecule has 134 valence electrons. The smallest absolute Gasteiger partial charge is 0.410 e. The van der Waals surface area contributed by atoms with Crippen molar-refractivity contribution in [3.8, 4) is 0 Å². The van der Waals surface area contributed by atoms with Gasteiger partial charge in [-0.25, -0.2) is 14.6 Å². The molecule has 1 aliphatic rings. The zero-order valence-corrected chi connectivity index (χ0v) is 15.1. The Morgan fingerprint density at radius 1 is 1.42 bits per heavy atom. The van der Waals surface area contributed by atoms with Gasteiger partial charge in [-0.05, 0) is 20.8 Å². The third-order valence-electron chi connectivity index (χ3n) is 3.54. The van der Waals surface area contributed by atoms with Crippen molar-refractivity contribution in [2.75, 3.05) is 38.3 Å². The number of aromatic nitrogens is 1. The summed E-state index contributed by atoms with van der Waals surface area (Å²) in [6.45, 7) is 6.50. The Morgan fingerprint density at radius 2 is 2.12 bits per heavy atom. The molecule has 0 bridgehead atoms. The molecule has 24 heavy (non-hydrogen) atoms. The number of aliphatic hydroxyl groups is 1. The van der Waals surface area contributed by atoms with Crippen LogP contribution in [0.5, 0.6) is 0 Å². The molecule has 0 spiro atoms. The standard InChI is InChI=1S/C15H23N3O5S/c1-15(2,3)23-14(21)18-6-5-17(7-10(18)8-19)12-11(13(20)22-4)16-9-24-12/h9-10,19H,5-8H2,1-4H3/t10-/m0/s1. The van der Waals surface area contributed by atoms with Gasteiger partial charge in [-0.1, -0.05) is 0 Å². The lowest BCUT2D eigenvalue weighted by atomic mass is 10.1. The van der Waals surface area contributed by atoms with Crippen LogP contribution in [0.4, 0.5) is 9.80 Å². The minimum absolute atomic E-state index is 0.192. The molecular formula is C15H23N3O5S. The predicted octanol–water partition coefficient (Wildman–Crippen LogP) is 1.35. The van der Waals surface area contributed by atoms with E-state index in [0.29, 0.717) is 24.6 Å². The zero-order valence-electron chi connectivity index (χ0n) is 14.3. The number of ether oxygens (including phenoxy) is 2. The molecule has 1 saturated heterocycles. The number of piperazine rings is 1. The number of nitrogens with zero attached hydrogens (tertiary/aromatic N) is 3. The van der Waals surface area contributed by atoms with Crippen molar-refractivity contribution in [3.05, 3.63) is 11.2 Å². The molecule has 0 radical (unpaired) electrons. The number of rotatable bonds is 3. The summed E-state index contributed by atoms with van der Waals surface area (Å²) in [5, 5.41) is 10.4. The summed E-state index contributed by atoms with van der Waals surface area (Å²) >= 11 is 1.33. The lowest BCUT2D eigenvalue weighted by Gasteiger charge is -2.41. The maximum Gasteiger partial charge on any atom is 0.410 e. The molecule has 0 unspecified atom stereocenters. The van der Waals surface area contributed by atoms with E-state index in [1.165, 1.54) is 23.3 Å². The van der Waals surface area contributed by atoms with Gasteiger partial charge in [0, 0.05) is 19.6 Å². The number of thiazole rings is 1. The van der Waals surface area contributed by atoms with Gasteiger partial charge in [0.05, 0.1) is 25.3 Å². The number of carbonyl (C=O) groups excluding carboxylic acids is 2. The molecule has 0 aromatic carbocycles. The monoisotopic (exact) mass is 357 g/mol. The molecule has 9 heteroatoms. The molecule has 1 aliphatic heterocycles. The van der Waals surface area contributed by atoms with Gasteiger partial charge in [0.2, 0.25) is 0 Å². The first-order valence-electron chi connectivity index (χ1n) is 7.64. The number of amides is 1. The Bertz CT molecular complexity index is 598. The molecule has 0 saturated carbocycles. The van der Waals surface area contributed by atoms with Crippen LogP contribution in [0.2, 0.25) is 0 Å². The summed E-state index contributed by atoms with van der Waals surface area (Å²) in [5.74, 6) is -0.499. The van der Waals surface area contributed by atoms with Crippen molar-refractivity contribution in [3.63, 3.8) is 0 Å². The molecule has 1 fully saturated rings. The van der Waals surface area contributed by atoms with Gasteiger partial charge in [0.25, 0.3) is 0 Å². The van der Waals surface area contributed by atoms with E-state index in [0.717, 1.165) is 0 Å². The van der Waals surface area contributed by atoms with Crippen LogP contribution >= 0.6 is 11.3 Å². The van der Waals surface area contributed by atoms with E-state index in [1.807, 2.05) is 4.90 Å². The molecule has 8 nitrogen and oxygen atoms in total. The first-order valence-corrected chi connectivity index (χ1v) is 8.52. The maximum atomic E-state index is 12.3. The van der Waals surface area contributed by atoms with Crippen LogP contribution in [0, 0.1) is 0 Å². The van der Waals surface area contributed by atoms with E-state index in [4.69, 9.17) is 9.47 Å². The molecule has 1 N–H and O–H groups in total. The molecular weight excluding hydrogens is 334 g/mol. The topological polar surface area (TPSA) is 92.2 Å². The number of aliphatic hydroxyl groups excluding tert-OH is 1. The summed E-state index contributed by atoms with van der Waals surface area (Å²) in [5.41, 5.74) is 1.24. The van der Waals surface area contributed by atoms with Crippen molar-refractivity contribution in [2.24, 2.45) is 0 Å². The predicted molar refractivity (Wildman–Crippen MR) is 89.5 cm³/mol. The van der Waals surface area contributed by atoms with Crippen LogP contribution in [0.25, 0.3) is 0 Å². The molecule has 1 aromatic heterocycles. The van der Waals surface area contributed by atoms with Gasteiger partial charge >= 0.3 is 12.1 Å². The van der Waals surface area contributed by atoms with E-state index in [2.05, 4.69) is 4.98 Å². The SMILES string of the molecule is COC(=O)c1ncsc1N1CCN(C(=O)OC(C)(C)C)[C@H](CO)C1. The molecule has 1 amide bonds. The molecule has 1 aromatic rings. The van der Waals surface area contributed by atoms with E-state index in [9.17, 15) is 14.7 Å². The van der Waals surface area contributed by atoms with Crippen molar-refractivity contribution in [1.29, 1.82) is 0 Å². The van der Waals surface area contributed by atoms with Crippen LogP contribution in [0.3, 0.4) is 0 Å². The van der Waals surface area contributed by atoms with Crippen LogP contribution in [-0.4, -0.2) is 72.0 Å². The quantitative estimate of drug-likeness (QED) is 0.816. The zero-order chi connectivity index (χ0) is 17.9. The molecule has 2 heterocycles. The Morgan fingerprint density at radius 3 is 2.71 bits per heavy atom. The van der Waals surface area contributed by atoms with Crippen molar-refractivity contribution in [1.82, 2.24) is 9.88 Å². The number of hydrogen-bond acceptors (Lipinski definition) is 8. The average molecular weight is 357 g/mol. The average Bonchev–Trinajstić information content (AvgIpc) is 3.01. The van der Waals surface area contributed by atoms with Crippen molar-refractivity contribution in [2.45, 2.75) is 32.4 Å². The van der Waals surface area contributed by atoms with E-state index in [1.54, 1.807) is 26.3 Å². The largest absolute Gasteiger partial charge is 0.464 e. The van der Waals surface area contributed by atoms with E-state index in [-0.39, 0.29) is 12.3 Å². The Kier molecular flexibility index (Phi) is 5.66. The summed E-state index contributed by atoms with van der Waals surface area (Å²) in [6.07, 6.45) is -0.446. The fraction of sp³-hybridized carbons (Fsp3) is 0.667. The Hall–Kier alpha value is -1.87. The highest BCUT2D eigenvalue weighted by Crippen LogP contribution is 2.28. The van der Waals surface area contributed by atoms with Crippen LogP contribution in [0.1, 0.15) is 31.3 Å². The highest BCUT2D eigenvalue weighted by molar-refractivity contribution is 7.14. The van der Waals surface area contributed by atoms with Crippen LogP contribution < -0.4 is 4.90 Å². The summed E-state index contributed by atoms with van der Waals surface area (Å²) < 4.78 is 10.1. The summed E-state index contributed by atoms with van der Waals surface area (Å²) in [4.78, 5) is 31.6. The third kappa shape index (κ3) is 4.15. The molecule has 1 atom stereocenters. The first-order chi connectivity index (χ1) is 11.3. The summed E-state index contributed by atoms with van der Waals surface area (Å²) in [7, 11) is 1.31. The second kappa shape index (κ2) is 7.35. The van der Waals surface area contributed by atoms with Gasteiger partial charge in [0.15, 0.2) is 5.69 Å². The van der Waals surface area contributed by atoms with Gasteiger partial charge in [-0.3, -0.25) is 4.90 Å². The van der Waals surface area contributed by atoms with Gasteiger partial charge in [-0.2, -0.15) is 0 Å². The lowest BCUT2D eigenvalue weighted by molar-refractivity contribution is 0.00702.